The van der Waals surface area contributed by atoms with Crippen molar-refractivity contribution in [3.63, 3.8) is 0 Å². The lowest BCUT2D eigenvalue weighted by Crippen LogP contribution is -2.41. The molecule has 2 atom stereocenters. The third-order valence-corrected chi connectivity index (χ3v) is 4.96. The molecule has 0 aliphatic carbocycles. The van der Waals surface area contributed by atoms with Gasteiger partial charge in [-0.15, -0.1) is 0 Å². The number of carbonyl (C=O) groups is 2. The molecule has 1 saturated heterocycles. The lowest BCUT2D eigenvalue weighted by molar-refractivity contribution is -0.120. The molecule has 0 spiro atoms. The lowest BCUT2D eigenvalue weighted by atomic mass is 9.97. The maximum Gasteiger partial charge on any atom is 0.264 e. The molecule has 1 fully saturated rings. The number of rotatable bonds is 4. The van der Waals surface area contributed by atoms with Crippen molar-refractivity contribution in [1.29, 1.82) is 0 Å². The molecule has 8 heteroatoms. The number of benzene rings is 1. The van der Waals surface area contributed by atoms with Crippen LogP contribution in [0.2, 0.25) is 0 Å². The summed E-state index contributed by atoms with van der Waals surface area (Å²) in [4.78, 5) is 26.0. The van der Waals surface area contributed by atoms with Gasteiger partial charge in [-0.05, 0) is 25.1 Å². The second-order valence-electron chi connectivity index (χ2n) is 6.94. The Morgan fingerprint density at radius 1 is 1.33 bits per heavy atom. The predicted molar refractivity (Wildman–Crippen MR) is 95.9 cm³/mol. The van der Waals surface area contributed by atoms with Crippen molar-refractivity contribution in [2.75, 3.05) is 31.8 Å². The van der Waals surface area contributed by atoms with Crippen LogP contribution < -0.4 is 15.0 Å². The van der Waals surface area contributed by atoms with E-state index in [9.17, 15) is 9.59 Å². The first-order valence-corrected chi connectivity index (χ1v) is 8.85. The number of anilines is 1. The maximum absolute atomic E-state index is 12.7. The summed E-state index contributed by atoms with van der Waals surface area (Å²) < 4.78 is 16.2. The molecule has 2 aliphatic rings. The van der Waals surface area contributed by atoms with Crippen LogP contribution in [0.1, 0.15) is 21.8 Å². The molecular weight excluding hydrogens is 350 g/mol. The number of nitrogens with one attached hydrogen (secondary N) is 1. The third kappa shape index (κ3) is 3.52. The number of ether oxygens (including phenoxy) is 2. The van der Waals surface area contributed by atoms with E-state index in [2.05, 4.69) is 10.5 Å². The Kier molecular flexibility index (Phi) is 4.57. The van der Waals surface area contributed by atoms with Crippen LogP contribution >= 0.6 is 0 Å². The molecular formula is C19H21N3O5. The Labute approximate surface area is 156 Å². The molecule has 0 saturated carbocycles. The Morgan fingerprint density at radius 2 is 2.19 bits per heavy atom. The summed E-state index contributed by atoms with van der Waals surface area (Å²) in [6.45, 7) is 2.89. The van der Waals surface area contributed by atoms with E-state index >= 15 is 0 Å². The minimum atomic E-state index is -0.210. The van der Waals surface area contributed by atoms with E-state index in [1.54, 1.807) is 25.2 Å². The largest absolute Gasteiger partial charge is 0.482 e. The molecule has 0 radical (unpaired) electrons. The molecule has 27 heavy (non-hydrogen) atoms. The molecule has 142 valence electrons. The van der Waals surface area contributed by atoms with Crippen LogP contribution in [-0.4, -0.2) is 49.9 Å². The van der Waals surface area contributed by atoms with E-state index in [-0.39, 0.29) is 30.4 Å². The van der Waals surface area contributed by atoms with Gasteiger partial charge in [0, 0.05) is 31.0 Å². The third-order valence-electron chi connectivity index (χ3n) is 4.96. The lowest BCUT2D eigenvalue weighted by Gasteiger charge is -2.26. The number of hydrogen-bond donors (Lipinski definition) is 1. The minimum Gasteiger partial charge on any atom is -0.482 e. The molecule has 8 nitrogen and oxygen atoms in total. The van der Waals surface area contributed by atoms with Gasteiger partial charge in [-0.25, -0.2) is 0 Å². The molecule has 4 rings (SSSR count). The van der Waals surface area contributed by atoms with Crippen molar-refractivity contribution in [1.82, 2.24) is 10.5 Å². The van der Waals surface area contributed by atoms with Crippen molar-refractivity contribution in [2.45, 2.75) is 19.4 Å². The van der Waals surface area contributed by atoms with E-state index in [4.69, 9.17) is 14.0 Å². The number of fused-ring (bicyclic) bond motifs is 1. The highest BCUT2D eigenvalue weighted by Gasteiger charge is 2.31. The highest BCUT2D eigenvalue weighted by Crippen LogP contribution is 2.32. The van der Waals surface area contributed by atoms with Crippen LogP contribution in [0.5, 0.6) is 5.75 Å². The number of likely N-dealkylation sites (N-methyl/N-ethyl adjacent to an activating group) is 1. The van der Waals surface area contributed by atoms with E-state index in [0.717, 1.165) is 11.5 Å². The fourth-order valence-electron chi connectivity index (χ4n) is 3.40. The molecule has 2 amide bonds. The summed E-state index contributed by atoms with van der Waals surface area (Å²) in [6, 6.07) is 6.87. The second-order valence-corrected chi connectivity index (χ2v) is 6.94. The summed E-state index contributed by atoms with van der Waals surface area (Å²) in [5.74, 6) is 1.14. The average Bonchev–Trinajstić information content (AvgIpc) is 3.27. The van der Waals surface area contributed by atoms with E-state index in [1.165, 1.54) is 4.90 Å². The normalized spacial score (nSPS) is 21.7. The molecule has 3 heterocycles. The zero-order chi connectivity index (χ0) is 19.0. The molecule has 2 unspecified atom stereocenters. The molecule has 2 aromatic rings. The minimum absolute atomic E-state index is 0.0112. The van der Waals surface area contributed by atoms with Gasteiger partial charge in [0.05, 0.1) is 30.6 Å². The molecule has 1 aromatic heterocycles. The Balaban J connectivity index is 1.46. The fourth-order valence-corrected chi connectivity index (χ4v) is 3.40. The van der Waals surface area contributed by atoms with Gasteiger partial charge in [0.15, 0.2) is 6.61 Å². The van der Waals surface area contributed by atoms with Crippen LogP contribution in [0.15, 0.2) is 28.8 Å². The summed E-state index contributed by atoms with van der Waals surface area (Å²) >= 11 is 0. The van der Waals surface area contributed by atoms with Gasteiger partial charge in [0.25, 0.3) is 11.8 Å². The van der Waals surface area contributed by atoms with Gasteiger partial charge >= 0.3 is 0 Å². The molecule has 2 aliphatic heterocycles. The summed E-state index contributed by atoms with van der Waals surface area (Å²) in [6.07, 6.45) is 0.654. The Hall–Kier alpha value is -2.87. The second kappa shape index (κ2) is 7.03. The van der Waals surface area contributed by atoms with Crippen molar-refractivity contribution in [3.05, 3.63) is 41.3 Å². The number of nitrogens with zero attached hydrogens (tertiary/aromatic N) is 2. The Morgan fingerprint density at radius 3 is 2.96 bits per heavy atom. The molecule has 0 bridgehead atoms. The number of aromatic nitrogens is 1. The maximum atomic E-state index is 12.7. The van der Waals surface area contributed by atoms with E-state index < -0.39 is 0 Å². The van der Waals surface area contributed by atoms with Gasteiger partial charge in [-0.1, -0.05) is 5.16 Å². The van der Waals surface area contributed by atoms with Gasteiger partial charge in [-0.3, -0.25) is 9.59 Å². The van der Waals surface area contributed by atoms with Crippen molar-refractivity contribution >= 4 is 17.5 Å². The predicted octanol–water partition coefficient (Wildman–Crippen LogP) is 1.33. The average molecular weight is 371 g/mol. The SMILES string of the molecule is Cc1cc(CC2COCC2NC(=O)c2ccc3c(c2)N(C)C(=O)CO3)on1. The van der Waals surface area contributed by atoms with Crippen LogP contribution in [-0.2, 0) is 16.0 Å². The summed E-state index contributed by atoms with van der Waals surface area (Å²) in [5, 5.41) is 6.93. The molecule has 1 N–H and O–H groups in total. The Bertz CT molecular complexity index is 878. The van der Waals surface area contributed by atoms with Gasteiger partial charge < -0.3 is 24.2 Å². The van der Waals surface area contributed by atoms with E-state index in [0.29, 0.717) is 36.6 Å². The van der Waals surface area contributed by atoms with Gasteiger partial charge in [0.2, 0.25) is 0 Å². The highest BCUT2D eigenvalue weighted by atomic mass is 16.5. The standard InChI is InChI=1S/C19H21N3O5/c1-11-5-14(27-21-11)6-13-8-25-9-15(13)20-19(24)12-3-4-17-16(7-12)22(2)18(23)10-26-17/h3-5,7,13,15H,6,8-10H2,1-2H3,(H,20,24). The van der Waals surface area contributed by atoms with Crippen LogP contribution in [0.3, 0.4) is 0 Å². The topological polar surface area (TPSA) is 93.9 Å². The number of aryl methyl sites for hydroxylation is 1. The smallest absolute Gasteiger partial charge is 0.264 e. The first kappa shape index (κ1) is 17.5. The van der Waals surface area contributed by atoms with Crippen molar-refractivity contribution in [3.8, 4) is 5.75 Å². The van der Waals surface area contributed by atoms with Crippen LogP contribution in [0, 0.1) is 12.8 Å². The number of amides is 2. The van der Waals surface area contributed by atoms with Crippen LogP contribution in [0.25, 0.3) is 0 Å². The first-order valence-electron chi connectivity index (χ1n) is 8.85. The summed E-state index contributed by atoms with van der Waals surface area (Å²) in [5.41, 5.74) is 1.90. The van der Waals surface area contributed by atoms with E-state index in [1.807, 2.05) is 13.0 Å². The van der Waals surface area contributed by atoms with Gasteiger partial charge in [-0.2, -0.15) is 0 Å². The van der Waals surface area contributed by atoms with Crippen molar-refractivity contribution in [2.24, 2.45) is 5.92 Å². The molecule has 1 aromatic carbocycles. The van der Waals surface area contributed by atoms with Gasteiger partial charge in [0.1, 0.15) is 11.5 Å². The summed E-state index contributed by atoms with van der Waals surface area (Å²) in [7, 11) is 1.67. The van der Waals surface area contributed by atoms with Crippen LogP contribution in [0.4, 0.5) is 5.69 Å². The van der Waals surface area contributed by atoms with Crippen molar-refractivity contribution < 1.29 is 23.6 Å². The number of hydrogen-bond acceptors (Lipinski definition) is 6. The first-order chi connectivity index (χ1) is 13.0. The highest BCUT2D eigenvalue weighted by molar-refractivity contribution is 6.01. The monoisotopic (exact) mass is 371 g/mol. The fraction of sp³-hybridized carbons (Fsp3) is 0.421. The zero-order valence-corrected chi connectivity index (χ0v) is 15.2. The number of carbonyl (C=O) groups excluding carboxylic acids is 2. The quantitative estimate of drug-likeness (QED) is 0.871. The zero-order valence-electron chi connectivity index (χ0n) is 15.2.